The van der Waals surface area contributed by atoms with E-state index in [9.17, 15) is 4.79 Å². The number of nitrogens with zero attached hydrogens (tertiary/aromatic N) is 1. The molecule has 1 aromatic heterocycles. The molecule has 88 valence electrons. The molecule has 0 amide bonds. The number of aryl methyl sites for hydroxylation is 3. The van der Waals surface area contributed by atoms with E-state index in [0.717, 1.165) is 16.7 Å². The first-order chi connectivity index (χ1) is 7.99. The van der Waals surface area contributed by atoms with Crippen LogP contribution in [-0.4, -0.2) is 16.2 Å². The van der Waals surface area contributed by atoms with Gasteiger partial charge in [0.25, 0.3) is 0 Å². The fraction of sp³-hybridized carbons (Fsp3) is 0.231. The highest BCUT2D eigenvalue weighted by atomic mass is 16.5. The average Bonchev–Trinajstić information content (AvgIpc) is 2.72. The van der Waals surface area contributed by atoms with Crippen LogP contribution in [-0.2, 0) is 0 Å². The van der Waals surface area contributed by atoms with Crippen LogP contribution in [0, 0.1) is 20.8 Å². The predicted molar refractivity (Wildman–Crippen MR) is 63.1 cm³/mol. The molecule has 0 fully saturated rings. The topological polar surface area (TPSA) is 63.3 Å². The van der Waals surface area contributed by atoms with Gasteiger partial charge in [-0.2, -0.15) is 0 Å². The number of aromatic carboxylic acids is 1. The highest BCUT2D eigenvalue weighted by Gasteiger charge is 2.14. The number of carboxylic acids is 1. The zero-order valence-electron chi connectivity index (χ0n) is 9.94. The molecule has 0 aliphatic rings. The van der Waals surface area contributed by atoms with Crippen LogP contribution in [0.4, 0.5) is 0 Å². The summed E-state index contributed by atoms with van der Waals surface area (Å²) in [5, 5.41) is 12.6. The van der Waals surface area contributed by atoms with E-state index in [1.807, 2.05) is 26.8 Å². The lowest BCUT2D eigenvalue weighted by Gasteiger charge is -2.06. The Morgan fingerprint density at radius 2 is 1.76 bits per heavy atom. The van der Waals surface area contributed by atoms with Gasteiger partial charge in [-0.3, -0.25) is 0 Å². The summed E-state index contributed by atoms with van der Waals surface area (Å²) in [4.78, 5) is 10.7. The molecule has 0 spiro atoms. The summed E-state index contributed by atoms with van der Waals surface area (Å²) in [5.41, 5.74) is 4.87. The van der Waals surface area contributed by atoms with Crippen LogP contribution in [0.3, 0.4) is 0 Å². The van der Waals surface area contributed by atoms with Gasteiger partial charge in [-0.05, 0) is 43.5 Å². The molecule has 4 nitrogen and oxygen atoms in total. The largest absolute Gasteiger partial charge is 0.475 e. The van der Waals surface area contributed by atoms with E-state index >= 15 is 0 Å². The molecule has 1 aromatic carbocycles. The fourth-order valence-corrected chi connectivity index (χ4v) is 1.74. The van der Waals surface area contributed by atoms with Crippen LogP contribution in [0.25, 0.3) is 11.3 Å². The van der Waals surface area contributed by atoms with Gasteiger partial charge in [0.05, 0.1) is 0 Å². The Morgan fingerprint density at radius 1 is 1.12 bits per heavy atom. The number of aromatic nitrogens is 1. The predicted octanol–water partition coefficient (Wildman–Crippen LogP) is 2.97. The molecule has 1 N–H and O–H groups in total. The van der Waals surface area contributed by atoms with Gasteiger partial charge in [-0.1, -0.05) is 11.2 Å². The van der Waals surface area contributed by atoms with E-state index < -0.39 is 5.97 Å². The zero-order chi connectivity index (χ0) is 12.6. The Bertz CT molecular complexity index is 584. The first-order valence-corrected chi connectivity index (χ1v) is 5.27. The maximum atomic E-state index is 10.7. The van der Waals surface area contributed by atoms with Crippen LogP contribution in [0.2, 0.25) is 0 Å². The maximum Gasteiger partial charge on any atom is 0.374 e. The van der Waals surface area contributed by atoms with Crippen molar-refractivity contribution in [2.24, 2.45) is 0 Å². The second-order valence-electron chi connectivity index (χ2n) is 4.13. The quantitative estimate of drug-likeness (QED) is 0.863. The van der Waals surface area contributed by atoms with E-state index in [-0.39, 0.29) is 5.76 Å². The van der Waals surface area contributed by atoms with Gasteiger partial charge in [0.1, 0.15) is 5.69 Å². The maximum absolute atomic E-state index is 10.7. The Balaban J connectivity index is 2.52. The van der Waals surface area contributed by atoms with Crippen molar-refractivity contribution in [3.05, 3.63) is 40.6 Å². The summed E-state index contributed by atoms with van der Waals surface area (Å²) in [6.07, 6.45) is 0. The molecule has 4 heteroatoms. The van der Waals surface area contributed by atoms with Crippen molar-refractivity contribution < 1.29 is 14.4 Å². The van der Waals surface area contributed by atoms with Crippen LogP contribution in [0.15, 0.2) is 22.7 Å². The minimum Gasteiger partial charge on any atom is -0.475 e. The fourth-order valence-electron chi connectivity index (χ4n) is 1.74. The van der Waals surface area contributed by atoms with Crippen molar-refractivity contribution in [3.63, 3.8) is 0 Å². The Labute approximate surface area is 98.9 Å². The molecule has 2 rings (SSSR count). The lowest BCUT2D eigenvalue weighted by atomic mass is 9.99. The van der Waals surface area contributed by atoms with E-state index in [1.54, 1.807) is 0 Å². The van der Waals surface area contributed by atoms with Crippen molar-refractivity contribution in [1.82, 2.24) is 5.16 Å². The number of benzene rings is 1. The highest BCUT2D eigenvalue weighted by Crippen LogP contribution is 2.26. The van der Waals surface area contributed by atoms with Crippen LogP contribution >= 0.6 is 0 Å². The van der Waals surface area contributed by atoms with Crippen molar-refractivity contribution in [2.75, 3.05) is 0 Å². The van der Waals surface area contributed by atoms with Gasteiger partial charge >= 0.3 is 5.97 Å². The summed E-state index contributed by atoms with van der Waals surface area (Å²) in [6, 6.07) is 5.49. The standard InChI is InChI=1S/C13H13NO3/c1-7-4-9(3)10(5-8(7)2)11-6-12(13(15)16)17-14-11/h4-6H,1-3H3,(H,15,16). The summed E-state index contributed by atoms with van der Waals surface area (Å²) < 4.78 is 4.76. The summed E-state index contributed by atoms with van der Waals surface area (Å²) in [7, 11) is 0. The second-order valence-corrected chi connectivity index (χ2v) is 4.13. The van der Waals surface area contributed by atoms with Gasteiger partial charge in [0, 0.05) is 11.6 Å². The number of hydrogen-bond acceptors (Lipinski definition) is 3. The normalized spacial score (nSPS) is 10.5. The molecule has 0 unspecified atom stereocenters. The van der Waals surface area contributed by atoms with Gasteiger partial charge < -0.3 is 9.63 Å². The third-order valence-electron chi connectivity index (χ3n) is 2.84. The number of carboxylic acid groups (broad SMARTS) is 1. The lowest BCUT2D eigenvalue weighted by molar-refractivity contribution is 0.0652. The summed E-state index contributed by atoms with van der Waals surface area (Å²) in [6.45, 7) is 6.02. The molecule has 0 saturated carbocycles. The van der Waals surface area contributed by atoms with Crippen molar-refractivity contribution in [1.29, 1.82) is 0 Å². The molecule has 0 bridgehead atoms. The van der Waals surface area contributed by atoms with Gasteiger partial charge in [-0.25, -0.2) is 4.79 Å². The van der Waals surface area contributed by atoms with Crippen LogP contribution in [0.1, 0.15) is 27.2 Å². The number of rotatable bonds is 2. The number of carbonyl (C=O) groups is 1. The minimum atomic E-state index is -1.11. The Morgan fingerprint density at radius 3 is 2.35 bits per heavy atom. The molecule has 17 heavy (non-hydrogen) atoms. The van der Waals surface area contributed by atoms with Gasteiger partial charge in [-0.15, -0.1) is 0 Å². The van der Waals surface area contributed by atoms with Crippen molar-refractivity contribution in [2.45, 2.75) is 20.8 Å². The first kappa shape index (κ1) is 11.4. The molecule has 0 saturated heterocycles. The van der Waals surface area contributed by atoms with Crippen molar-refractivity contribution in [3.8, 4) is 11.3 Å². The minimum absolute atomic E-state index is 0.141. The van der Waals surface area contributed by atoms with E-state index in [2.05, 4.69) is 11.2 Å². The van der Waals surface area contributed by atoms with E-state index in [4.69, 9.17) is 9.63 Å². The molecular weight excluding hydrogens is 218 g/mol. The lowest BCUT2D eigenvalue weighted by Crippen LogP contribution is -1.92. The first-order valence-electron chi connectivity index (χ1n) is 5.27. The third kappa shape index (κ3) is 2.06. The van der Waals surface area contributed by atoms with Crippen LogP contribution in [0.5, 0.6) is 0 Å². The molecule has 0 atom stereocenters. The zero-order valence-corrected chi connectivity index (χ0v) is 9.94. The van der Waals surface area contributed by atoms with Gasteiger partial charge in [0.2, 0.25) is 5.76 Å². The molecule has 0 aliphatic carbocycles. The summed E-state index contributed by atoms with van der Waals surface area (Å²) in [5.74, 6) is -1.25. The molecule has 0 aliphatic heterocycles. The van der Waals surface area contributed by atoms with Crippen LogP contribution < -0.4 is 0 Å². The average molecular weight is 231 g/mol. The SMILES string of the molecule is Cc1cc(C)c(-c2cc(C(=O)O)on2)cc1C. The monoisotopic (exact) mass is 231 g/mol. The molecule has 2 aromatic rings. The van der Waals surface area contributed by atoms with E-state index in [1.165, 1.54) is 11.6 Å². The third-order valence-corrected chi connectivity index (χ3v) is 2.84. The van der Waals surface area contributed by atoms with E-state index in [0.29, 0.717) is 5.69 Å². The molecular formula is C13H13NO3. The van der Waals surface area contributed by atoms with Gasteiger partial charge in [0.15, 0.2) is 0 Å². The molecule has 0 radical (unpaired) electrons. The molecule has 1 heterocycles. The second kappa shape index (κ2) is 4.05. The Hall–Kier alpha value is -2.10. The summed E-state index contributed by atoms with van der Waals surface area (Å²) >= 11 is 0. The van der Waals surface area contributed by atoms with Crippen molar-refractivity contribution >= 4 is 5.97 Å². The Kier molecular flexibility index (Phi) is 2.71. The highest BCUT2D eigenvalue weighted by molar-refractivity contribution is 5.85. The number of hydrogen-bond donors (Lipinski definition) is 1. The smallest absolute Gasteiger partial charge is 0.374 e.